The first-order chi connectivity index (χ1) is 12.6. The van der Waals surface area contributed by atoms with Gasteiger partial charge in [0.2, 0.25) is 0 Å². The number of nitrogens with zero attached hydrogens (tertiary/aromatic N) is 3. The molecule has 27 heavy (non-hydrogen) atoms. The molecule has 1 aromatic carbocycles. The molecule has 0 saturated carbocycles. The molecule has 1 unspecified atom stereocenters. The maximum Gasteiger partial charge on any atom is 0.264 e. The second-order valence-corrected chi connectivity index (χ2v) is 8.15. The minimum Gasteiger partial charge on any atom is -0.336 e. The number of halogens is 2. The van der Waals surface area contributed by atoms with Gasteiger partial charge in [-0.1, -0.05) is 17.7 Å². The predicted octanol–water partition coefficient (Wildman–Crippen LogP) is 4.29. The summed E-state index contributed by atoms with van der Waals surface area (Å²) >= 11 is 7.63. The van der Waals surface area contributed by atoms with Crippen molar-refractivity contribution in [3.05, 3.63) is 45.9 Å². The molecule has 0 radical (unpaired) electrons. The van der Waals surface area contributed by atoms with E-state index < -0.39 is 0 Å². The van der Waals surface area contributed by atoms with Crippen LogP contribution in [0.5, 0.6) is 0 Å². The number of likely N-dealkylation sites (N-methyl/N-ethyl adjacent to an activating group) is 1. The zero-order valence-electron chi connectivity index (χ0n) is 15.2. The Kier molecular flexibility index (Phi) is 6.11. The molecule has 1 amide bonds. The van der Waals surface area contributed by atoms with E-state index in [0.717, 1.165) is 52.4 Å². The van der Waals surface area contributed by atoms with Crippen molar-refractivity contribution in [2.24, 2.45) is 0 Å². The van der Waals surface area contributed by atoms with Gasteiger partial charge in [0.05, 0.1) is 16.3 Å². The van der Waals surface area contributed by atoms with Gasteiger partial charge in [-0.2, -0.15) is 5.10 Å². The van der Waals surface area contributed by atoms with Gasteiger partial charge in [-0.15, -0.1) is 23.7 Å². The Labute approximate surface area is 173 Å². The van der Waals surface area contributed by atoms with Crippen molar-refractivity contribution in [3.63, 3.8) is 0 Å². The van der Waals surface area contributed by atoms with Gasteiger partial charge < -0.3 is 10.2 Å². The smallest absolute Gasteiger partial charge is 0.264 e. The van der Waals surface area contributed by atoms with E-state index in [0.29, 0.717) is 11.1 Å². The SMILES string of the molecule is CNC1CCCN(C(=O)c2cc3c(C)nn(-c4cccc(Cl)c4)c3s2)C1.Cl. The highest BCUT2D eigenvalue weighted by Crippen LogP contribution is 2.32. The summed E-state index contributed by atoms with van der Waals surface area (Å²) in [6, 6.07) is 9.97. The Balaban J connectivity index is 0.00000210. The van der Waals surface area contributed by atoms with E-state index in [4.69, 9.17) is 11.6 Å². The summed E-state index contributed by atoms with van der Waals surface area (Å²) in [6.45, 7) is 3.57. The van der Waals surface area contributed by atoms with Crippen LogP contribution in [0.4, 0.5) is 0 Å². The topological polar surface area (TPSA) is 50.2 Å². The summed E-state index contributed by atoms with van der Waals surface area (Å²) < 4.78 is 1.88. The van der Waals surface area contributed by atoms with Crippen LogP contribution in [0.2, 0.25) is 5.02 Å². The van der Waals surface area contributed by atoms with Crippen molar-refractivity contribution in [3.8, 4) is 5.69 Å². The van der Waals surface area contributed by atoms with Crippen molar-refractivity contribution in [2.45, 2.75) is 25.8 Å². The normalized spacial score (nSPS) is 17.1. The third-order valence-corrected chi connectivity index (χ3v) is 6.26. The number of amides is 1. The van der Waals surface area contributed by atoms with Crippen molar-refractivity contribution < 1.29 is 4.79 Å². The Morgan fingerprint density at radius 3 is 2.93 bits per heavy atom. The van der Waals surface area contributed by atoms with Gasteiger partial charge in [0, 0.05) is 29.5 Å². The van der Waals surface area contributed by atoms with Gasteiger partial charge in [0.1, 0.15) is 4.83 Å². The van der Waals surface area contributed by atoms with E-state index >= 15 is 0 Å². The zero-order valence-corrected chi connectivity index (χ0v) is 17.6. The summed E-state index contributed by atoms with van der Waals surface area (Å²) in [5, 5.41) is 9.62. The fourth-order valence-electron chi connectivity index (χ4n) is 3.49. The lowest BCUT2D eigenvalue weighted by atomic mass is 10.1. The number of aromatic nitrogens is 2. The Morgan fingerprint density at radius 2 is 2.19 bits per heavy atom. The van der Waals surface area contributed by atoms with E-state index in [1.54, 1.807) is 0 Å². The van der Waals surface area contributed by atoms with Crippen LogP contribution in [-0.4, -0.2) is 46.8 Å². The second-order valence-electron chi connectivity index (χ2n) is 6.69. The molecule has 2 aromatic heterocycles. The number of rotatable bonds is 3. The highest BCUT2D eigenvalue weighted by Gasteiger charge is 2.26. The number of hydrogen-bond donors (Lipinski definition) is 1. The molecule has 0 aliphatic carbocycles. The Morgan fingerprint density at radius 1 is 1.37 bits per heavy atom. The number of hydrogen-bond acceptors (Lipinski definition) is 4. The summed E-state index contributed by atoms with van der Waals surface area (Å²) in [5.74, 6) is 0.114. The first-order valence-corrected chi connectivity index (χ1v) is 9.98. The molecule has 1 saturated heterocycles. The molecular weight excluding hydrogens is 403 g/mol. The zero-order chi connectivity index (χ0) is 18.3. The van der Waals surface area contributed by atoms with Crippen LogP contribution < -0.4 is 5.32 Å². The summed E-state index contributed by atoms with van der Waals surface area (Å²) in [5.41, 5.74) is 1.83. The molecule has 3 heterocycles. The largest absolute Gasteiger partial charge is 0.336 e. The summed E-state index contributed by atoms with van der Waals surface area (Å²) in [6.07, 6.45) is 2.16. The molecule has 1 aliphatic heterocycles. The van der Waals surface area contributed by atoms with E-state index in [1.165, 1.54) is 11.3 Å². The molecule has 1 aliphatic rings. The molecule has 8 heteroatoms. The number of carbonyl (C=O) groups excluding carboxylic acids is 1. The molecule has 144 valence electrons. The number of benzene rings is 1. The highest BCUT2D eigenvalue weighted by atomic mass is 35.5. The maximum atomic E-state index is 13.0. The van der Waals surface area contributed by atoms with Gasteiger partial charge in [0.25, 0.3) is 5.91 Å². The van der Waals surface area contributed by atoms with Gasteiger partial charge >= 0.3 is 0 Å². The Bertz CT molecular complexity index is 968. The third kappa shape index (κ3) is 3.85. The van der Waals surface area contributed by atoms with Gasteiger partial charge in [-0.05, 0) is 51.1 Å². The van der Waals surface area contributed by atoms with Crippen LogP contribution in [0.25, 0.3) is 15.9 Å². The van der Waals surface area contributed by atoms with Gasteiger partial charge in [0.15, 0.2) is 0 Å². The van der Waals surface area contributed by atoms with Gasteiger partial charge in [-0.25, -0.2) is 4.68 Å². The number of carbonyl (C=O) groups is 1. The lowest BCUT2D eigenvalue weighted by molar-refractivity contribution is 0.0703. The van der Waals surface area contributed by atoms with Crippen LogP contribution >= 0.6 is 35.3 Å². The molecular formula is C19H22Cl2N4OS. The lowest BCUT2D eigenvalue weighted by Crippen LogP contribution is -2.46. The number of likely N-dealkylation sites (tertiary alicyclic amines) is 1. The highest BCUT2D eigenvalue weighted by molar-refractivity contribution is 7.20. The first kappa shape index (κ1) is 20.1. The van der Waals surface area contributed by atoms with E-state index in [9.17, 15) is 4.79 Å². The standard InChI is InChI=1S/C19H21ClN4OS.ClH/c1-12-16-10-17(18(25)23-8-4-6-14(11-23)21-2)26-19(16)24(22-12)15-7-3-5-13(20)9-15;/h3,5,7,9-10,14,21H,4,6,8,11H2,1-2H3;1H. The van der Waals surface area contributed by atoms with E-state index in [2.05, 4.69) is 10.4 Å². The number of thiophene rings is 1. The average Bonchev–Trinajstić information content (AvgIpc) is 3.22. The monoisotopic (exact) mass is 424 g/mol. The quantitative estimate of drug-likeness (QED) is 0.681. The predicted molar refractivity (Wildman–Crippen MR) is 114 cm³/mol. The molecule has 1 atom stereocenters. The molecule has 1 fully saturated rings. The first-order valence-electron chi connectivity index (χ1n) is 8.78. The van der Waals surface area contributed by atoms with Crippen LogP contribution in [-0.2, 0) is 0 Å². The minimum atomic E-state index is 0. The summed E-state index contributed by atoms with van der Waals surface area (Å²) in [4.78, 5) is 16.7. The fraction of sp³-hybridized carbons (Fsp3) is 0.368. The number of nitrogens with one attached hydrogen (secondary N) is 1. The molecule has 3 aromatic rings. The molecule has 0 bridgehead atoms. The fourth-order valence-corrected chi connectivity index (χ4v) is 4.82. The Hall–Kier alpha value is -1.60. The molecule has 1 N–H and O–H groups in total. The van der Waals surface area contributed by atoms with E-state index in [-0.39, 0.29) is 18.3 Å². The van der Waals surface area contributed by atoms with Crippen molar-refractivity contribution >= 4 is 51.5 Å². The molecule has 0 spiro atoms. The average molecular weight is 425 g/mol. The van der Waals surface area contributed by atoms with Crippen molar-refractivity contribution in [1.82, 2.24) is 20.0 Å². The second kappa shape index (κ2) is 8.19. The van der Waals surface area contributed by atoms with Crippen LogP contribution in [0.3, 0.4) is 0 Å². The third-order valence-electron chi connectivity index (χ3n) is 4.93. The van der Waals surface area contributed by atoms with Crippen molar-refractivity contribution in [1.29, 1.82) is 0 Å². The van der Waals surface area contributed by atoms with Crippen molar-refractivity contribution in [2.75, 3.05) is 20.1 Å². The van der Waals surface area contributed by atoms with Crippen LogP contribution in [0.15, 0.2) is 30.3 Å². The van der Waals surface area contributed by atoms with Gasteiger partial charge in [-0.3, -0.25) is 4.79 Å². The molecule has 4 rings (SSSR count). The number of piperidine rings is 1. The molecule has 5 nitrogen and oxygen atoms in total. The minimum absolute atomic E-state index is 0. The maximum absolute atomic E-state index is 13.0. The van der Waals surface area contributed by atoms with E-state index in [1.807, 2.05) is 53.9 Å². The summed E-state index contributed by atoms with van der Waals surface area (Å²) in [7, 11) is 1.96. The number of fused-ring (bicyclic) bond motifs is 1. The lowest BCUT2D eigenvalue weighted by Gasteiger charge is -2.32. The van der Waals surface area contributed by atoms with Crippen LogP contribution in [0, 0.1) is 6.92 Å². The van der Waals surface area contributed by atoms with Crippen LogP contribution in [0.1, 0.15) is 28.2 Å². The number of aryl methyl sites for hydroxylation is 1.